The van der Waals surface area contributed by atoms with Gasteiger partial charge in [-0.3, -0.25) is 4.79 Å². The zero-order valence-corrected chi connectivity index (χ0v) is 10.4. The van der Waals surface area contributed by atoms with Crippen molar-refractivity contribution in [3.8, 4) is 0 Å². The molecule has 0 spiro atoms. The van der Waals surface area contributed by atoms with Gasteiger partial charge in [0.25, 0.3) is 0 Å². The maximum Gasteiger partial charge on any atom is 0.207 e. The Morgan fingerprint density at radius 2 is 2.12 bits per heavy atom. The fourth-order valence-corrected chi connectivity index (χ4v) is 3.35. The summed E-state index contributed by atoms with van der Waals surface area (Å²) in [4.78, 5) is 20.8. The molecule has 0 aromatic carbocycles. The Kier molecular flexibility index (Phi) is 4.13. The lowest BCUT2D eigenvalue weighted by Gasteiger charge is -2.25. The number of carbonyl (C=O) groups excluding carboxylic acids is 1. The van der Waals surface area contributed by atoms with Gasteiger partial charge in [0.05, 0.1) is 6.54 Å². The summed E-state index contributed by atoms with van der Waals surface area (Å²) in [6.45, 7) is 0.508. The van der Waals surface area contributed by atoms with Crippen LogP contribution in [0.15, 0.2) is 5.18 Å². The van der Waals surface area contributed by atoms with Gasteiger partial charge < -0.3 is 5.32 Å². The van der Waals surface area contributed by atoms with Crippen LogP contribution in [0.5, 0.6) is 0 Å². The van der Waals surface area contributed by atoms with Crippen LogP contribution in [0.2, 0.25) is 0 Å². The van der Waals surface area contributed by atoms with Crippen molar-refractivity contribution in [2.24, 2.45) is 16.5 Å². The van der Waals surface area contributed by atoms with E-state index in [1.54, 1.807) is 0 Å². The van der Waals surface area contributed by atoms with Gasteiger partial charge in [-0.05, 0) is 43.4 Å². The van der Waals surface area contributed by atoms with E-state index in [-0.39, 0.29) is 5.41 Å². The van der Waals surface area contributed by atoms with Crippen molar-refractivity contribution >= 4 is 6.41 Å². The summed E-state index contributed by atoms with van der Waals surface area (Å²) in [5.74, 6) is 0.683. The second-order valence-electron chi connectivity index (χ2n) is 5.77. The first-order valence-corrected chi connectivity index (χ1v) is 6.78. The van der Waals surface area contributed by atoms with Crippen molar-refractivity contribution < 1.29 is 4.79 Å². The molecule has 0 bridgehead atoms. The number of hydrogen-bond donors (Lipinski definition) is 1. The minimum Gasteiger partial charge on any atom is -0.356 e. The van der Waals surface area contributed by atoms with Crippen LogP contribution in [-0.4, -0.2) is 19.0 Å². The molecule has 2 aliphatic rings. The quantitative estimate of drug-likeness (QED) is 0.522. The second kappa shape index (κ2) is 5.61. The number of nitrogens with one attached hydrogen (secondary N) is 1. The van der Waals surface area contributed by atoms with E-state index in [2.05, 4.69) is 10.5 Å². The molecule has 0 saturated heterocycles. The Morgan fingerprint density at radius 3 is 2.76 bits per heavy atom. The molecular formula is C13H22N2O2. The molecule has 1 amide bonds. The Bertz CT molecular complexity index is 275. The molecule has 2 rings (SSSR count). The van der Waals surface area contributed by atoms with Crippen molar-refractivity contribution in [2.45, 2.75) is 57.4 Å². The molecule has 2 unspecified atom stereocenters. The molecule has 4 heteroatoms. The van der Waals surface area contributed by atoms with Crippen LogP contribution < -0.4 is 5.32 Å². The van der Waals surface area contributed by atoms with Crippen LogP contribution in [0.1, 0.15) is 51.4 Å². The van der Waals surface area contributed by atoms with E-state index in [1.165, 1.54) is 38.5 Å². The summed E-state index contributed by atoms with van der Waals surface area (Å²) in [6, 6.07) is 0.427. The summed E-state index contributed by atoms with van der Waals surface area (Å²) >= 11 is 0. The largest absolute Gasteiger partial charge is 0.356 e. The molecule has 2 atom stereocenters. The monoisotopic (exact) mass is 238 g/mol. The Labute approximate surface area is 103 Å². The Balaban J connectivity index is 1.66. The Hall–Kier alpha value is -0.930. The van der Waals surface area contributed by atoms with Gasteiger partial charge >= 0.3 is 0 Å². The number of nitrogens with zero attached hydrogens (tertiary/aromatic N) is 1. The van der Waals surface area contributed by atoms with E-state index in [1.807, 2.05) is 0 Å². The fourth-order valence-electron chi connectivity index (χ4n) is 3.35. The highest BCUT2D eigenvalue weighted by Crippen LogP contribution is 2.44. The summed E-state index contributed by atoms with van der Waals surface area (Å²) in [6.07, 6.45) is 10.3. The smallest absolute Gasteiger partial charge is 0.207 e. The number of hydrogen-bond acceptors (Lipinski definition) is 3. The number of carbonyl (C=O) groups is 1. The maximum absolute atomic E-state index is 10.5. The lowest BCUT2D eigenvalue weighted by molar-refractivity contribution is -0.109. The summed E-state index contributed by atoms with van der Waals surface area (Å²) in [5.41, 5.74) is 0.226. The number of nitroso groups, excluding NO2 is 1. The lowest BCUT2D eigenvalue weighted by atomic mass is 9.81. The molecule has 17 heavy (non-hydrogen) atoms. The zero-order chi connectivity index (χ0) is 12.1. The summed E-state index contributed by atoms with van der Waals surface area (Å²) in [5, 5.41) is 5.97. The van der Waals surface area contributed by atoms with Crippen LogP contribution in [-0.2, 0) is 4.79 Å². The van der Waals surface area contributed by atoms with Gasteiger partial charge in [-0.2, -0.15) is 4.91 Å². The SMILES string of the molecule is O=CNC1CC1CCCC1(CN=O)CCCC1. The highest BCUT2D eigenvalue weighted by atomic mass is 16.3. The molecule has 1 N–H and O–H groups in total. The van der Waals surface area contributed by atoms with Crippen molar-refractivity contribution in [1.29, 1.82) is 0 Å². The van der Waals surface area contributed by atoms with Crippen LogP contribution in [0.3, 0.4) is 0 Å². The molecule has 0 aliphatic heterocycles. The third-order valence-electron chi connectivity index (χ3n) is 4.55. The normalized spacial score (nSPS) is 29.9. The molecular weight excluding hydrogens is 216 g/mol. The molecule has 2 aliphatic carbocycles. The van der Waals surface area contributed by atoms with Gasteiger partial charge in [-0.25, -0.2) is 0 Å². The van der Waals surface area contributed by atoms with Gasteiger partial charge in [-0.1, -0.05) is 24.4 Å². The number of rotatable bonds is 8. The fraction of sp³-hybridized carbons (Fsp3) is 0.923. The molecule has 0 heterocycles. The molecule has 0 radical (unpaired) electrons. The third kappa shape index (κ3) is 3.27. The second-order valence-corrected chi connectivity index (χ2v) is 5.77. The molecule has 0 aromatic heterocycles. The van der Waals surface area contributed by atoms with Crippen molar-refractivity contribution in [3.05, 3.63) is 4.91 Å². The van der Waals surface area contributed by atoms with E-state index < -0.39 is 0 Å². The predicted octanol–water partition coefficient (Wildman–Crippen LogP) is 2.62. The molecule has 96 valence electrons. The first kappa shape index (κ1) is 12.5. The minimum absolute atomic E-state index is 0.226. The van der Waals surface area contributed by atoms with E-state index in [9.17, 15) is 9.70 Å². The summed E-state index contributed by atoms with van der Waals surface area (Å²) < 4.78 is 0. The summed E-state index contributed by atoms with van der Waals surface area (Å²) in [7, 11) is 0. The van der Waals surface area contributed by atoms with Crippen LogP contribution in [0, 0.1) is 16.2 Å². The third-order valence-corrected chi connectivity index (χ3v) is 4.55. The number of amides is 1. The standard InChI is InChI=1S/C13H22N2O2/c16-10-14-12-8-11(12)4-3-7-13(9-15-17)5-1-2-6-13/h10-12H,1-9H2,(H,14,16). The average Bonchev–Trinajstić information content (AvgIpc) is 2.88. The van der Waals surface area contributed by atoms with Crippen molar-refractivity contribution in [1.82, 2.24) is 5.32 Å². The van der Waals surface area contributed by atoms with Gasteiger partial charge in [0, 0.05) is 6.04 Å². The first-order chi connectivity index (χ1) is 8.29. The highest BCUT2D eigenvalue weighted by Gasteiger charge is 2.38. The van der Waals surface area contributed by atoms with Gasteiger partial charge in [0.1, 0.15) is 0 Å². The van der Waals surface area contributed by atoms with Gasteiger partial charge in [-0.15, -0.1) is 0 Å². The molecule has 4 nitrogen and oxygen atoms in total. The predicted molar refractivity (Wildman–Crippen MR) is 66.5 cm³/mol. The highest BCUT2D eigenvalue weighted by molar-refractivity contribution is 5.47. The van der Waals surface area contributed by atoms with Crippen LogP contribution >= 0.6 is 0 Å². The van der Waals surface area contributed by atoms with E-state index in [0.717, 1.165) is 19.3 Å². The maximum atomic E-state index is 10.5. The van der Waals surface area contributed by atoms with E-state index >= 15 is 0 Å². The van der Waals surface area contributed by atoms with E-state index in [0.29, 0.717) is 18.5 Å². The van der Waals surface area contributed by atoms with Crippen LogP contribution in [0.25, 0.3) is 0 Å². The molecule has 2 saturated carbocycles. The van der Waals surface area contributed by atoms with Gasteiger partial charge in [0.2, 0.25) is 6.41 Å². The van der Waals surface area contributed by atoms with Crippen molar-refractivity contribution in [2.75, 3.05) is 6.54 Å². The zero-order valence-electron chi connectivity index (χ0n) is 10.4. The minimum atomic E-state index is 0.226. The van der Waals surface area contributed by atoms with Crippen molar-refractivity contribution in [3.63, 3.8) is 0 Å². The van der Waals surface area contributed by atoms with E-state index in [4.69, 9.17) is 0 Å². The average molecular weight is 238 g/mol. The molecule has 0 aromatic rings. The first-order valence-electron chi connectivity index (χ1n) is 6.78. The molecule has 2 fully saturated rings. The Morgan fingerprint density at radius 1 is 1.35 bits per heavy atom. The lowest BCUT2D eigenvalue weighted by Crippen LogP contribution is -2.20. The topological polar surface area (TPSA) is 58.5 Å². The van der Waals surface area contributed by atoms with Gasteiger partial charge in [0.15, 0.2) is 0 Å². The van der Waals surface area contributed by atoms with Crippen LogP contribution in [0.4, 0.5) is 0 Å².